The second-order valence-corrected chi connectivity index (χ2v) is 13.0. The Labute approximate surface area is 143 Å². The first-order valence-electron chi connectivity index (χ1n) is 8.20. The highest BCUT2D eigenvalue weighted by Crippen LogP contribution is 2.37. The van der Waals surface area contributed by atoms with Gasteiger partial charge in [0.2, 0.25) is 8.32 Å². The predicted molar refractivity (Wildman–Crippen MR) is 103 cm³/mol. The Kier molecular flexibility index (Phi) is 6.05. The highest BCUT2D eigenvalue weighted by atomic mass is 28.4. The number of aliphatic hydroxyl groups is 1. The molecule has 128 valence electrons. The first kappa shape index (κ1) is 19.7. The Morgan fingerprint density at radius 1 is 1.13 bits per heavy atom. The van der Waals surface area contributed by atoms with Crippen LogP contribution in [0.25, 0.3) is 5.57 Å². The third-order valence-corrected chi connectivity index (χ3v) is 8.68. The zero-order chi connectivity index (χ0) is 17.9. The van der Waals surface area contributed by atoms with Crippen LogP contribution in [0.15, 0.2) is 42.5 Å². The fourth-order valence-electron chi connectivity index (χ4n) is 1.78. The summed E-state index contributed by atoms with van der Waals surface area (Å²) in [6, 6.07) is 8.26. The van der Waals surface area contributed by atoms with Crippen molar-refractivity contribution in [2.24, 2.45) is 0 Å². The molecule has 23 heavy (non-hydrogen) atoms. The topological polar surface area (TPSA) is 29.5 Å². The van der Waals surface area contributed by atoms with Gasteiger partial charge < -0.3 is 9.53 Å². The molecule has 0 amide bonds. The van der Waals surface area contributed by atoms with Crippen LogP contribution in [0.2, 0.25) is 18.1 Å². The Morgan fingerprint density at radius 2 is 1.74 bits per heavy atom. The summed E-state index contributed by atoms with van der Waals surface area (Å²) in [5, 5.41) is 9.90. The Balaban J connectivity index is 2.97. The lowest BCUT2D eigenvalue weighted by molar-refractivity contribution is 0.133. The minimum atomic E-state index is -1.82. The molecular formula is C20H32O2Si. The number of benzene rings is 1. The van der Waals surface area contributed by atoms with E-state index in [-0.39, 0.29) is 5.04 Å². The largest absolute Gasteiger partial charge is 0.543 e. The van der Waals surface area contributed by atoms with Gasteiger partial charge in [0.25, 0.3) is 0 Å². The van der Waals surface area contributed by atoms with Gasteiger partial charge in [-0.05, 0) is 62.2 Å². The monoisotopic (exact) mass is 332 g/mol. The van der Waals surface area contributed by atoms with Crippen LogP contribution in [0, 0.1) is 0 Å². The van der Waals surface area contributed by atoms with Crippen LogP contribution in [0.4, 0.5) is 0 Å². The fraction of sp³-hybridized carbons (Fsp3) is 0.500. The Morgan fingerprint density at radius 3 is 2.26 bits per heavy atom. The quantitative estimate of drug-likeness (QED) is 0.545. The molecule has 0 unspecified atom stereocenters. The number of hydrogen-bond acceptors (Lipinski definition) is 2. The smallest absolute Gasteiger partial charge is 0.250 e. The standard InChI is InChI=1S/C20H32O2Si/c1-16(11-10-14-20(5,6)21)17-12-9-13-18(15-17)22-23(7,8)19(2,3)4/h9-15,21H,1-8H3/b14-10+,16-11-. The Bertz CT molecular complexity index is 584. The van der Waals surface area contributed by atoms with E-state index in [4.69, 9.17) is 4.43 Å². The Hall–Kier alpha value is -1.32. The molecule has 0 spiro atoms. The lowest BCUT2D eigenvalue weighted by atomic mass is 10.1. The highest BCUT2D eigenvalue weighted by molar-refractivity contribution is 6.74. The molecule has 0 saturated heterocycles. The molecule has 1 N–H and O–H groups in total. The molecular weight excluding hydrogens is 300 g/mol. The van der Waals surface area contributed by atoms with Gasteiger partial charge in [-0.3, -0.25) is 0 Å². The number of rotatable bonds is 5. The normalized spacial score (nSPS) is 14.4. The van der Waals surface area contributed by atoms with E-state index in [1.165, 1.54) is 0 Å². The van der Waals surface area contributed by atoms with E-state index in [9.17, 15) is 5.11 Å². The summed E-state index contributed by atoms with van der Waals surface area (Å²) < 4.78 is 6.37. The van der Waals surface area contributed by atoms with E-state index in [2.05, 4.69) is 52.9 Å². The maximum atomic E-state index is 9.72. The molecule has 2 nitrogen and oxygen atoms in total. The minimum Gasteiger partial charge on any atom is -0.543 e. The summed E-state index contributed by atoms with van der Waals surface area (Å²) in [7, 11) is -1.82. The van der Waals surface area contributed by atoms with Crippen molar-refractivity contribution in [1.29, 1.82) is 0 Å². The molecule has 1 aromatic carbocycles. The lowest BCUT2D eigenvalue weighted by Gasteiger charge is -2.36. The summed E-state index contributed by atoms with van der Waals surface area (Å²) in [5.74, 6) is 0.938. The van der Waals surface area contributed by atoms with Crippen molar-refractivity contribution >= 4 is 13.9 Å². The lowest BCUT2D eigenvalue weighted by Crippen LogP contribution is -2.43. The predicted octanol–water partition coefficient (Wildman–Crippen LogP) is 5.80. The van der Waals surface area contributed by atoms with Crippen molar-refractivity contribution in [3.05, 3.63) is 48.1 Å². The average Bonchev–Trinajstić information content (AvgIpc) is 2.35. The van der Waals surface area contributed by atoms with Crippen molar-refractivity contribution in [1.82, 2.24) is 0 Å². The van der Waals surface area contributed by atoms with Gasteiger partial charge in [-0.2, -0.15) is 0 Å². The molecule has 0 radical (unpaired) electrons. The van der Waals surface area contributed by atoms with E-state index in [0.29, 0.717) is 0 Å². The van der Waals surface area contributed by atoms with Crippen molar-refractivity contribution in [2.45, 2.75) is 65.3 Å². The van der Waals surface area contributed by atoms with Crippen molar-refractivity contribution < 1.29 is 9.53 Å². The van der Waals surface area contributed by atoms with E-state index >= 15 is 0 Å². The fourth-order valence-corrected chi connectivity index (χ4v) is 2.80. The molecule has 0 aliphatic rings. The summed E-state index contributed by atoms with van der Waals surface area (Å²) >= 11 is 0. The molecule has 0 atom stereocenters. The molecule has 0 aromatic heterocycles. The van der Waals surface area contributed by atoms with Crippen LogP contribution in [-0.2, 0) is 0 Å². The maximum absolute atomic E-state index is 9.72. The van der Waals surface area contributed by atoms with Crippen LogP contribution in [0.1, 0.15) is 47.1 Å². The van der Waals surface area contributed by atoms with Gasteiger partial charge in [-0.15, -0.1) is 0 Å². The van der Waals surface area contributed by atoms with Crippen LogP contribution in [0.3, 0.4) is 0 Å². The van der Waals surface area contributed by atoms with E-state index in [0.717, 1.165) is 16.9 Å². The van der Waals surface area contributed by atoms with E-state index in [1.54, 1.807) is 19.9 Å². The minimum absolute atomic E-state index is 0.184. The zero-order valence-electron chi connectivity index (χ0n) is 15.9. The molecule has 0 saturated carbocycles. The molecule has 0 fully saturated rings. The van der Waals surface area contributed by atoms with Crippen molar-refractivity contribution in [3.63, 3.8) is 0 Å². The second kappa shape index (κ2) is 7.06. The van der Waals surface area contributed by atoms with Crippen LogP contribution in [0.5, 0.6) is 5.75 Å². The average molecular weight is 333 g/mol. The van der Waals surface area contributed by atoms with Crippen LogP contribution >= 0.6 is 0 Å². The maximum Gasteiger partial charge on any atom is 0.250 e. The highest BCUT2D eigenvalue weighted by Gasteiger charge is 2.38. The first-order chi connectivity index (χ1) is 10.3. The molecule has 1 rings (SSSR count). The number of allylic oxidation sites excluding steroid dienone is 3. The zero-order valence-corrected chi connectivity index (χ0v) is 16.9. The third kappa shape index (κ3) is 6.36. The molecule has 1 aromatic rings. The van der Waals surface area contributed by atoms with Crippen molar-refractivity contribution in [3.8, 4) is 5.75 Å². The van der Waals surface area contributed by atoms with Gasteiger partial charge >= 0.3 is 0 Å². The summed E-state index contributed by atoms with van der Waals surface area (Å²) in [6.07, 6.45) is 5.70. The van der Waals surface area contributed by atoms with E-state index < -0.39 is 13.9 Å². The summed E-state index contributed by atoms with van der Waals surface area (Å²) in [4.78, 5) is 0. The molecule has 0 aliphatic heterocycles. The van der Waals surface area contributed by atoms with Gasteiger partial charge in [0.05, 0.1) is 5.60 Å². The van der Waals surface area contributed by atoms with Gasteiger partial charge in [0.15, 0.2) is 0 Å². The molecule has 0 bridgehead atoms. The number of hydrogen-bond donors (Lipinski definition) is 1. The van der Waals surface area contributed by atoms with Gasteiger partial charge in [0.1, 0.15) is 5.75 Å². The summed E-state index contributed by atoms with van der Waals surface area (Å²) in [6.45, 7) is 16.9. The van der Waals surface area contributed by atoms with Gasteiger partial charge in [-0.25, -0.2) is 0 Å². The van der Waals surface area contributed by atoms with Gasteiger partial charge in [-0.1, -0.05) is 51.1 Å². The SMILES string of the molecule is C/C(=C/C=C/C(C)(C)O)c1cccc(O[Si](C)(C)C(C)(C)C)c1. The van der Waals surface area contributed by atoms with E-state index in [1.807, 2.05) is 24.3 Å². The molecule has 0 heterocycles. The molecule has 3 heteroatoms. The van der Waals surface area contributed by atoms with Crippen LogP contribution in [-0.4, -0.2) is 19.0 Å². The summed E-state index contributed by atoms with van der Waals surface area (Å²) in [5.41, 5.74) is 1.50. The molecule has 0 aliphatic carbocycles. The first-order valence-corrected chi connectivity index (χ1v) is 11.1. The second-order valence-electron chi connectivity index (χ2n) is 8.25. The van der Waals surface area contributed by atoms with Gasteiger partial charge in [0, 0.05) is 0 Å². The third-order valence-electron chi connectivity index (χ3n) is 4.32. The van der Waals surface area contributed by atoms with Crippen molar-refractivity contribution in [2.75, 3.05) is 0 Å². The van der Waals surface area contributed by atoms with Crippen LogP contribution < -0.4 is 4.43 Å².